The van der Waals surface area contributed by atoms with E-state index in [0.29, 0.717) is 26.1 Å². The van der Waals surface area contributed by atoms with Crippen molar-refractivity contribution >= 4 is 12.0 Å². The topological polar surface area (TPSA) is 58.6 Å². The lowest BCUT2D eigenvalue weighted by atomic mass is 10.0. The van der Waals surface area contributed by atoms with Crippen LogP contribution >= 0.6 is 0 Å². The Hall–Kier alpha value is -2.04. The summed E-state index contributed by atoms with van der Waals surface area (Å²) in [6.07, 6.45) is 2.53. The second-order valence-corrected chi connectivity index (χ2v) is 6.01. The van der Waals surface area contributed by atoms with Crippen LogP contribution in [0.1, 0.15) is 37.3 Å². The van der Waals surface area contributed by atoms with E-state index in [-0.39, 0.29) is 18.0 Å². The minimum atomic E-state index is -0.364. The molecular weight excluding hydrogens is 292 g/mol. The molecule has 1 aromatic rings. The maximum absolute atomic E-state index is 12.3. The molecule has 1 aliphatic rings. The molecule has 0 saturated carbocycles. The van der Waals surface area contributed by atoms with Gasteiger partial charge in [-0.1, -0.05) is 29.8 Å². The maximum atomic E-state index is 12.3. The molecule has 0 atom stereocenters. The third kappa shape index (κ3) is 5.58. The van der Waals surface area contributed by atoms with Gasteiger partial charge >= 0.3 is 6.09 Å². The van der Waals surface area contributed by atoms with E-state index in [4.69, 9.17) is 4.74 Å². The lowest BCUT2D eigenvalue weighted by Crippen LogP contribution is -2.46. The van der Waals surface area contributed by atoms with E-state index in [2.05, 4.69) is 36.5 Å². The van der Waals surface area contributed by atoms with Gasteiger partial charge in [-0.2, -0.15) is 0 Å². The highest BCUT2D eigenvalue weighted by molar-refractivity contribution is 5.76. The van der Waals surface area contributed by atoms with Crippen molar-refractivity contribution in [1.29, 1.82) is 0 Å². The first-order valence-electron chi connectivity index (χ1n) is 8.35. The predicted octanol–water partition coefficient (Wildman–Crippen LogP) is 2.66. The molecule has 23 heavy (non-hydrogen) atoms. The fraction of sp³-hybridized carbons (Fsp3) is 0.556. The van der Waals surface area contributed by atoms with Crippen LogP contribution in [0.2, 0.25) is 0 Å². The molecule has 0 unspecified atom stereocenters. The van der Waals surface area contributed by atoms with Gasteiger partial charge in [-0.05, 0) is 38.7 Å². The molecule has 0 aromatic heterocycles. The molecule has 0 aliphatic carbocycles. The first-order chi connectivity index (χ1) is 11.1. The largest absolute Gasteiger partial charge is 0.450 e. The number of alkyl carbamates (subject to hydrolysis) is 1. The molecule has 5 nitrogen and oxygen atoms in total. The molecular formula is C18H26N2O3. The fourth-order valence-corrected chi connectivity index (χ4v) is 2.78. The Morgan fingerprint density at radius 3 is 2.48 bits per heavy atom. The second-order valence-electron chi connectivity index (χ2n) is 6.01. The minimum Gasteiger partial charge on any atom is -0.450 e. The van der Waals surface area contributed by atoms with E-state index in [1.54, 1.807) is 6.92 Å². The van der Waals surface area contributed by atoms with Crippen LogP contribution in [-0.4, -0.2) is 42.6 Å². The summed E-state index contributed by atoms with van der Waals surface area (Å²) in [7, 11) is 0. The molecule has 0 spiro atoms. The summed E-state index contributed by atoms with van der Waals surface area (Å²) in [5.74, 6) is 0.195. The Kier molecular flexibility index (Phi) is 6.44. The van der Waals surface area contributed by atoms with Crippen LogP contribution in [0.5, 0.6) is 0 Å². The van der Waals surface area contributed by atoms with Gasteiger partial charge in [0.1, 0.15) is 0 Å². The number of aryl methyl sites for hydroxylation is 2. The maximum Gasteiger partial charge on any atom is 0.407 e. The minimum absolute atomic E-state index is 0.107. The van der Waals surface area contributed by atoms with Gasteiger partial charge in [0.05, 0.1) is 6.61 Å². The number of piperidine rings is 1. The molecule has 1 heterocycles. The molecule has 126 valence electrons. The van der Waals surface area contributed by atoms with Crippen molar-refractivity contribution < 1.29 is 14.3 Å². The highest BCUT2D eigenvalue weighted by Crippen LogP contribution is 2.13. The summed E-state index contributed by atoms with van der Waals surface area (Å²) >= 11 is 0. The predicted molar refractivity (Wildman–Crippen MR) is 89.3 cm³/mol. The number of ether oxygens (including phenoxy) is 1. The molecule has 1 aromatic carbocycles. The molecule has 5 heteroatoms. The quantitative estimate of drug-likeness (QED) is 0.908. The molecule has 2 rings (SSSR count). The monoisotopic (exact) mass is 318 g/mol. The zero-order chi connectivity index (χ0) is 16.7. The van der Waals surface area contributed by atoms with Gasteiger partial charge in [-0.3, -0.25) is 4.79 Å². The van der Waals surface area contributed by atoms with Crippen LogP contribution in [0.4, 0.5) is 4.79 Å². The van der Waals surface area contributed by atoms with E-state index in [0.717, 1.165) is 19.3 Å². The van der Waals surface area contributed by atoms with Crippen LogP contribution < -0.4 is 5.32 Å². The van der Waals surface area contributed by atoms with Gasteiger partial charge < -0.3 is 15.0 Å². The van der Waals surface area contributed by atoms with E-state index < -0.39 is 0 Å². The zero-order valence-electron chi connectivity index (χ0n) is 14.0. The average molecular weight is 318 g/mol. The van der Waals surface area contributed by atoms with E-state index in [9.17, 15) is 9.59 Å². The first-order valence-corrected chi connectivity index (χ1v) is 8.35. The lowest BCUT2D eigenvalue weighted by molar-refractivity contribution is -0.132. The van der Waals surface area contributed by atoms with Crippen LogP contribution in [0, 0.1) is 6.92 Å². The van der Waals surface area contributed by atoms with E-state index >= 15 is 0 Å². The van der Waals surface area contributed by atoms with E-state index in [1.165, 1.54) is 11.1 Å². The van der Waals surface area contributed by atoms with Crippen molar-refractivity contribution in [3.63, 3.8) is 0 Å². The third-order valence-corrected chi connectivity index (χ3v) is 4.19. The summed E-state index contributed by atoms with van der Waals surface area (Å²) in [5.41, 5.74) is 2.43. The number of carbonyl (C=O) groups is 2. The Labute approximate surface area is 138 Å². The first kappa shape index (κ1) is 17.3. The smallest absolute Gasteiger partial charge is 0.407 e. The van der Waals surface area contributed by atoms with Crippen molar-refractivity contribution in [1.82, 2.24) is 10.2 Å². The Morgan fingerprint density at radius 1 is 1.22 bits per heavy atom. The molecule has 1 aliphatic heterocycles. The van der Waals surface area contributed by atoms with Crippen LogP contribution in [0.15, 0.2) is 24.3 Å². The standard InChI is InChI=1S/C18H26N2O3/c1-3-23-18(22)19-16-10-12-20(13-11-16)17(21)9-8-15-6-4-14(2)5-7-15/h4-7,16H,3,8-13H2,1-2H3,(H,19,22). The van der Waals surface area contributed by atoms with Crippen LogP contribution in [-0.2, 0) is 16.0 Å². The number of rotatable bonds is 5. The van der Waals surface area contributed by atoms with Crippen molar-refractivity contribution in [2.24, 2.45) is 0 Å². The Morgan fingerprint density at radius 2 is 1.87 bits per heavy atom. The fourth-order valence-electron chi connectivity index (χ4n) is 2.78. The SMILES string of the molecule is CCOC(=O)NC1CCN(C(=O)CCc2ccc(C)cc2)CC1. The molecule has 0 radical (unpaired) electrons. The zero-order valence-corrected chi connectivity index (χ0v) is 14.0. The van der Waals surface area contributed by atoms with Gasteiger partial charge in [-0.15, -0.1) is 0 Å². The van der Waals surface area contributed by atoms with Gasteiger partial charge in [0.2, 0.25) is 5.91 Å². The number of hydrogen-bond donors (Lipinski definition) is 1. The van der Waals surface area contributed by atoms with Crippen molar-refractivity contribution in [3.05, 3.63) is 35.4 Å². The molecule has 0 bridgehead atoms. The van der Waals surface area contributed by atoms with Gasteiger partial charge in [0, 0.05) is 25.6 Å². The third-order valence-electron chi connectivity index (χ3n) is 4.19. The Balaban J connectivity index is 1.71. The second kappa shape index (κ2) is 8.56. The number of likely N-dealkylation sites (tertiary alicyclic amines) is 1. The number of nitrogens with zero attached hydrogens (tertiary/aromatic N) is 1. The molecule has 1 fully saturated rings. The summed E-state index contributed by atoms with van der Waals surface area (Å²) in [5, 5.41) is 2.84. The summed E-state index contributed by atoms with van der Waals surface area (Å²) in [4.78, 5) is 25.6. The molecule has 1 saturated heterocycles. The van der Waals surface area contributed by atoms with Gasteiger partial charge in [0.25, 0.3) is 0 Å². The summed E-state index contributed by atoms with van der Waals surface area (Å²) in [6.45, 7) is 5.62. The molecule has 2 amide bonds. The van der Waals surface area contributed by atoms with Gasteiger partial charge in [-0.25, -0.2) is 4.79 Å². The average Bonchev–Trinajstić information content (AvgIpc) is 2.55. The number of carbonyl (C=O) groups excluding carboxylic acids is 2. The number of benzene rings is 1. The molecule has 1 N–H and O–H groups in total. The number of nitrogens with one attached hydrogen (secondary N) is 1. The normalized spacial score (nSPS) is 15.3. The Bertz CT molecular complexity index is 520. The van der Waals surface area contributed by atoms with Crippen molar-refractivity contribution in [2.75, 3.05) is 19.7 Å². The van der Waals surface area contributed by atoms with E-state index in [1.807, 2.05) is 4.90 Å². The van der Waals surface area contributed by atoms with Crippen molar-refractivity contribution in [2.45, 2.75) is 45.6 Å². The number of hydrogen-bond acceptors (Lipinski definition) is 3. The highest BCUT2D eigenvalue weighted by atomic mass is 16.5. The van der Waals surface area contributed by atoms with Gasteiger partial charge in [0.15, 0.2) is 0 Å². The highest BCUT2D eigenvalue weighted by Gasteiger charge is 2.23. The lowest BCUT2D eigenvalue weighted by Gasteiger charge is -2.32. The summed E-state index contributed by atoms with van der Waals surface area (Å²) < 4.78 is 4.88. The van der Waals surface area contributed by atoms with Crippen LogP contribution in [0.3, 0.4) is 0 Å². The van der Waals surface area contributed by atoms with Crippen molar-refractivity contribution in [3.8, 4) is 0 Å². The van der Waals surface area contributed by atoms with Crippen LogP contribution in [0.25, 0.3) is 0 Å². The summed E-state index contributed by atoms with van der Waals surface area (Å²) in [6, 6.07) is 8.42. The number of amides is 2.